The van der Waals surface area contributed by atoms with Crippen molar-refractivity contribution in [2.75, 3.05) is 38.2 Å². The van der Waals surface area contributed by atoms with Crippen LogP contribution in [0, 0.1) is 10.1 Å². The van der Waals surface area contributed by atoms with E-state index in [-0.39, 0.29) is 22.9 Å². The maximum absolute atomic E-state index is 12.6. The highest BCUT2D eigenvalue weighted by atomic mass is 32.2. The van der Waals surface area contributed by atoms with Crippen LogP contribution in [0.1, 0.15) is 10.4 Å². The molecule has 9 nitrogen and oxygen atoms in total. The Kier molecular flexibility index (Phi) is 6.02. The lowest BCUT2D eigenvalue weighted by Crippen LogP contribution is -2.40. The molecule has 1 aliphatic rings. The number of carbonyl (C=O) groups is 1. The Bertz CT molecular complexity index is 952. The summed E-state index contributed by atoms with van der Waals surface area (Å²) in [7, 11) is -3.60. The summed E-state index contributed by atoms with van der Waals surface area (Å²) in [5, 5.41) is 13.5. The third-order valence-corrected chi connectivity index (χ3v) is 6.23. The topological polar surface area (TPSA) is 119 Å². The minimum atomic E-state index is -3.60. The Balaban J connectivity index is 1.62. The number of hydrogen-bond acceptors (Lipinski definition) is 7. The van der Waals surface area contributed by atoms with Gasteiger partial charge in [-0.1, -0.05) is 0 Å². The lowest BCUT2D eigenvalue weighted by Gasteiger charge is -2.26. The quantitative estimate of drug-likeness (QED) is 0.424. The standard InChI is InChI=1S/C18H19N3O6S/c22-18(13-19-15-3-5-16(6-4-15)21(23)24)14-1-7-17(8-2-14)28(25,26)20-9-11-27-12-10-20/h1-8,19H,9-13H2. The maximum Gasteiger partial charge on any atom is 0.269 e. The number of benzene rings is 2. The predicted octanol–water partition coefficient (Wildman–Crippen LogP) is 1.91. The number of rotatable bonds is 7. The average Bonchev–Trinajstić information content (AvgIpc) is 2.73. The van der Waals surface area contributed by atoms with E-state index in [1.165, 1.54) is 52.8 Å². The molecule has 1 heterocycles. The van der Waals surface area contributed by atoms with E-state index < -0.39 is 14.9 Å². The number of Topliss-reactive ketones (excluding diaryl/α,β-unsaturated/α-hetero) is 1. The number of nitrogens with zero attached hydrogens (tertiary/aromatic N) is 2. The van der Waals surface area contributed by atoms with Crippen LogP contribution < -0.4 is 5.32 Å². The molecular weight excluding hydrogens is 386 g/mol. The number of sulfonamides is 1. The molecule has 0 unspecified atom stereocenters. The number of carbonyl (C=O) groups excluding carboxylic acids is 1. The molecule has 3 rings (SSSR count). The Morgan fingerprint density at radius 2 is 1.68 bits per heavy atom. The van der Waals surface area contributed by atoms with Crippen molar-refractivity contribution in [1.82, 2.24) is 4.31 Å². The molecule has 0 bridgehead atoms. The summed E-state index contributed by atoms with van der Waals surface area (Å²) in [6, 6.07) is 11.5. The fraction of sp³-hybridized carbons (Fsp3) is 0.278. The number of non-ortho nitro benzene ring substituents is 1. The number of ether oxygens (including phenoxy) is 1. The van der Waals surface area contributed by atoms with Gasteiger partial charge in [0, 0.05) is 36.5 Å². The summed E-state index contributed by atoms with van der Waals surface area (Å²) in [6.45, 7) is 1.33. The minimum Gasteiger partial charge on any atom is -0.379 e. The van der Waals surface area contributed by atoms with Gasteiger partial charge in [-0.25, -0.2) is 8.42 Å². The van der Waals surface area contributed by atoms with E-state index in [1.54, 1.807) is 0 Å². The molecule has 0 saturated carbocycles. The van der Waals surface area contributed by atoms with Gasteiger partial charge in [0.1, 0.15) is 0 Å². The van der Waals surface area contributed by atoms with Crippen LogP contribution in [0.5, 0.6) is 0 Å². The van der Waals surface area contributed by atoms with Gasteiger partial charge in [0.15, 0.2) is 5.78 Å². The molecule has 148 valence electrons. The molecule has 10 heteroatoms. The van der Waals surface area contributed by atoms with Crippen molar-refractivity contribution >= 4 is 27.2 Å². The fourth-order valence-corrected chi connectivity index (χ4v) is 4.14. The molecule has 2 aromatic rings. The van der Waals surface area contributed by atoms with E-state index in [9.17, 15) is 23.3 Å². The van der Waals surface area contributed by atoms with Crippen LogP contribution in [-0.2, 0) is 14.8 Å². The van der Waals surface area contributed by atoms with Crippen molar-refractivity contribution in [3.8, 4) is 0 Å². The number of nitro groups is 1. The van der Waals surface area contributed by atoms with Crippen molar-refractivity contribution in [2.24, 2.45) is 0 Å². The molecule has 1 fully saturated rings. The molecule has 0 spiro atoms. The Hall–Kier alpha value is -2.82. The zero-order valence-corrected chi connectivity index (χ0v) is 15.7. The van der Waals surface area contributed by atoms with Crippen LogP contribution in [0.4, 0.5) is 11.4 Å². The Labute approximate surface area is 162 Å². The van der Waals surface area contributed by atoms with Gasteiger partial charge in [0.25, 0.3) is 5.69 Å². The van der Waals surface area contributed by atoms with Crippen LogP contribution >= 0.6 is 0 Å². The van der Waals surface area contributed by atoms with Crippen molar-refractivity contribution in [3.63, 3.8) is 0 Å². The van der Waals surface area contributed by atoms with E-state index in [1.807, 2.05) is 0 Å². The first kappa shape index (κ1) is 19.9. The molecule has 1 aliphatic heterocycles. The third-order valence-electron chi connectivity index (χ3n) is 4.32. The summed E-state index contributed by atoms with van der Waals surface area (Å²) in [4.78, 5) is 22.6. The lowest BCUT2D eigenvalue weighted by atomic mass is 10.1. The number of hydrogen-bond donors (Lipinski definition) is 1. The first-order chi connectivity index (χ1) is 13.4. The van der Waals surface area contributed by atoms with Crippen molar-refractivity contribution in [1.29, 1.82) is 0 Å². The molecule has 0 aliphatic carbocycles. The molecule has 0 atom stereocenters. The first-order valence-electron chi connectivity index (χ1n) is 8.57. The first-order valence-corrected chi connectivity index (χ1v) is 10.0. The highest BCUT2D eigenvalue weighted by Gasteiger charge is 2.26. The molecule has 1 N–H and O–H groups in total. The van der Waals surface area contributed by atoms with Gasteiger partial charge >= 0.3 is 0 Å². The van der Waals surface area contributed by atoms with E-state index in [0.29, 0.717) is 37.6 Å². The second-order valence-corrected chi connectivity index (χ2v) is 8.06. The van der Waals surface area contributed by atoms with Crippen LogP contribution in [0.15, 0.2) is 53.4 Å². The second-order valence-electron chi connectivity index (χ2n) is 6.12. The van der Waals surface area contributed by atoms with Gasteiger partial charge in [-0.3, -0.25) is 14.9 Å². The molecule has 2 aromatic carbocycles. The molecule has 1 saturated heterocycles. The highest BCUT2D eigenvalue weighted by Crippen LogP contribution is 2.19. The number of morpholine rings is 1. The van der Waals surface area contributed by atoms with Crippen molar-refractivity contribution in [2.45, 2.75) is 4.90 Å². The number of ketones is 1. The largest absolute Gasteiger partial charge is 0.379 e. The molecule has 28 heavy (non-hydrogen) atoms. The van der Waals surface area contributed by atoms with Gasteiger partial charge < -0.3 is 10.1 Å². The van der Waals surface area contributed by atoms with Crippen LogP contribution in [-0.4, -0.2) is 56.3 Å². The zero-order valence-electron chi connectivity index (χ0n) is 14.9. The normalized spacial score (nSPS) is 15.1. The van der Waals surface area contributed by atoms with E-state index >= 15 is 0 Å². The van der Waals surface area contributed by atoms with Crippen molar-refractivity contribution < 1.29 is 22.9 Å². The summed E-state index contributed by atoms with van der Waals surface area (Å²) < 4.78 is 31.7. The predicted molar refractivity (Wildman–Crippen MR) is 102 cm³/mol. The van der Waals surface area contributed by atoms with Gasteiger partial charge in [-0.2, -0.15) is 4.31 Å². The SMILES string of the molecule is O=C(CNc1ccc([N+](=O)[O-])cc1)c1ccc(S(=O)(=O)N2CCOCC2)cc1. The van der Waals surface area contributed by atoms with Crippen molar-refractivity contribution in [3.05, 3.63) is 64.2 Å². The average molecular weight is 405 g/mol. The fourth-order valence-electron chi connectivity index (χ4n) is 2.73. The monoisotopic (exact) mass is 405 g/mol. The van der Waals surface area contributed by atoms with E-state index in [2.05, 4.69) is 5.32 Å². The summed E-state index contributed by atoms with van der Waals surface area (Å²) >= 11 is 0. The van der Waals surface area contributed by atoms with E-state index in [0.717, 1.165) is 0 Å². The maximum atomic E-state index is 12.6. The van der Waals surface area contributed by atoms with E-state index in [4.69, 9.17) is 4.74 Å². The molecular formula is C18H19N3O6S. The van der Waals surface area contributed by atoms with Crippen LogP contribution in [0.3, 0.4) is 0 Å². The smallest absolute Gasteiger partial charge is 0.269 e. The van der Waals surface area contributed by atoms with Crippen LogP contribution in [0.25, 0.3) is 0 Å². The number of nitrogens with one attached hydrogen (secondary N) is 1. The molecule has 0 radical (unpaired) electrons. The van der Waals surface area contributed by atoms with Gasteiger partial charge in [0.05, 0.1) is 29.6 Å². The number of anilines is 1. The summed E-state index contributed by atoms with van der Waals surface area (Å²) in [5.41, 5.74) is 0.912. The Morgan fingerprint density at radius 1 is 1.07 bits per heavy atom. The zero-order chi connectivity index (χ0) is 20.1. The van der Waals surface area contributed by atoms with Gasteiger partial charge in [0.2, 0.25) is 10.0 Å². The van der Waals surface area contributed by atoms with Gasteiger partial charge in [-0.05, 0) is 36.4 Å². The van der Waals surface area contributed by atoms with Crippen LogP contribution in [0.2, 0.25) is 0 Å². The molecule has 0 amide bonds. The second kappa shape index (κ2) is 8.46. The van der Waals surface area contributed by atoms with Gasteiger partial charge in [-0.15, -0.1) is 0 Å². The summed E-state index contributed by atoms with van der Waals surface area (Å²) in [6.07, 6.45) is 0. The Morgan fingerprint density at radius 3 is 2.25 bits per heavy atom. The summed E-state index contributed by atoms with van der Waals surface area (Å²) in [5.74, 6) is -0.228. The highest BCUT2D eigenvalue weighted by molar-refractivity contribution is 7.89. The number of nitro benzene ring substituents is 1. The lowest BCUT2D eigenvalue weighted by molar-refractivity contribution is -0.384. The third kappa shape index (κ3) is 4.53. The molecule has 0 aromatic heterocycles. The minimum absolute atomic E-state index is 0.0205.